The Hall–Kier alpha value is -1.52. The molecule has 0 saturated heterocycles. The molecule has 0 aliphatic heterocycles. The Balaban J connectivity index is 2.91. The third kappa shape index (κ3) is 3.74. The van der Waals surface area contributed by atoms with Gasteiger partial charge in [0.2, 0.25) is 0 Å². The fourth-order valence-electron chi connectivity index (χ4n) is 1.78. The van der Waals surface area contributed by atoms with E-state index in [2.05, 4.69) is 6.58 Å². The molecule has 0 heterocycles. The molecule has 1 aromatic rings. The Morgan fingerprint density at radius 1 is 1.25 bits per heavy atom. The zero-order valence-corrected chi connectivity index (χ0v) is 11.6. The van der Waals surface area contributed by atoms with E-state index >= 15 is 0 Å². The van der Waals surface area contributed by atoms with E-state index in [9.17, 15) is 19.0 Å². The molecule has 0 spiro atoms. The summed E-state index contributed by atoms with van der Waals surface area (Å²) in [4.78, 5) is 0. The van der Waals surface area contributed by atoms with E-state index in [0.717, 1.165) is 11.6 Å². The van der Waals surface area contributed by atoms with Gasteiger partial charge in [-0.2, -0.15) is 0 Å². The van der Waals surface area contributed by atoms with Crippen LogP contribution in [0.5, 0.6) is 0 Å². The third-order valence-corrected chi connectivity index (χ3v) is 3.31. The second-order valence-electron chi connectivity index (χ2n) is 4.89. The summed E-state index contributed by atoms with van der Waals surface area (Å²) in [5, 5.41) is 19.6. The number of aliphatic hydroxyl groups is 2. The van der Waals surface area contributed by atoms with Crippen LogP contribution in [0.4, 0.5) is 8.78 Å². The minimum absolute atomic E-state index is 0.277. The van der Waals surface area contributed by atoms with Crippen molar-refractivity contribution in [3.8, 4) is 0 Å². The predicted molar refractivity (Wildman–Crippen MR) is 76.4 cm³/mol. The molecular weight excluding hydrogens is 262 g/mol. The van der Waals surface area contributed by atoms with Gasteiger partial charge in [-0.25, -0.2) is 8.78 Å². The fourth-order valence-corrected chi connectivity index (χ4v) is 1.78. The summed E-state index contributed by atoms with van der Waals surface area (Å²) in [6.07, 6.45) is -1.17. The standard InChI is InChI=1S/C16H20F2O2/c1-4-12(3)16(17,18)15(20)14(19)11(2)10-13-8-6-5-7-9-13/h4-10,12,14-15,19-20H,1H2,2-3H3/b11-10+/t12-,14-,15-/m0/s1. The van der Waals surface area contributed by atoms with Crippen molar-refractivity contribution in [2.24, 2.45) is 5.92 Å². The van der Waals surface area contributed by atoms with Gasteiger partial charge in [-0.3, -0.25) is 0 Å². The Morgan fingerprint density at radius 2 is 1.80 bits per heavy atom. The summed E-state index contributed by atoms with van der Waals surface area (Å²) in [6.45, 7) is 6.05. The van der Waals surface area contributed by atoms with E-state index in [-0.39, 0.29) is 5.57 Å². The van der Waals surface area contributed by atoms with Crippen molar-refractivity contribution in [3.63, 3.8) is 0 Å². The van der Waals surface area contributed by atoms with E-state index in [1.54, 1.807) is 30.3 Å². The highest BCUT2D eigenvalue weighted by Gasteiger charge is 2.46. The summed E-state index contributed by atoms with van der Waals surface area (Å²) in [6, 6.07) is 9.00. The first kappa shape index (κ1) is 16.5. The molecule has 0 aromatic heterocycles. The highest BCUT2D eigenvalue weighted by molar-refractivity contribution is 5.53. The van der Waals surface area contributed by atoms with Gasteiger partial charge in [-0.1, -0.05) is 49.4 Å². The zero-order chi connectivity index (χ0) is 15.3. The smallest absolute Gasteiger partial charge is 0.282 e. The van der Waals surface area contributed by atoms with Crippen LogP contribution in [0.25, 0.3) is 6.08 Å². The van der Waals surface area contributed by atoms with Crippen molar-refractivity contribution in [2.75, 3.05) is 0 Å². The summed E-state index contributed by atoms with van der Waals surface area (Å²) >= 11 is 0. The van der Waals surface area contributed by atoms with E-state index in [0.29, 0.717) is 0 Å². The summed E-state index contributed by atoms with van der Waals surface area (Å²) in [7, 11) is 0. The van der Waals surface area contributed by atoms with Crippen LogP contribution in [0.15, 0.2) is 48.6 Å². The third-order valence-electron chi connectivity index (χ3n) is 3.31. The first-order valence-corrected chi connectivity index (χ1v) is 6.40. The maximum atomic E-state index is 13.9. The number of hydrogen-bond donors (Lipinski definition) is 2. The predicted octanol–water partition coefficient (Wildman–Crippen LogP) is 3.27. The highest BCUT2D eigenvalue weighted by atomic mass is 19.3. The van der Waals surface area contributed by atoms with Crippen LogP contribution < -0.4 is 0 Å². The number of allylic oxidation sites excluding steroid dienone is 1. The topological polar surface area (TPSA) is 40.5 Å². The number of halogens is 2. The number of rotatable bonds is 6. The monoisotopic (exact) mass is 282 g/mol. The molecule has 0 aliphatic rings. The molecule has 0 amide bonds. The molecule has 0 aliphatic carbocycles. The van der Waals surface area contributed by atoms with Crippen LogP contribution in [-0.4, -0.2) is 28.3 Å². The van der Waals surface area contributed by atoms with Gasteiger partial charge in [0.05, 0.1) is 0 Å². The van der Waals surface area contributed by atoms with Gasteiger partial charge in [0, 0.05) is 5.92 Å². The SMILES string of the molecule is C=C[C@H](C)C(F)(F)[C@@H](O)[C@@H](O)/C(C)=C/c1ccccc1. The van der Waals surface area contributed by atoms with Gasteiger partial charge in [0.15, 0.2) is 0 Å². The quantitative estimate of drug-likeness (QED) is 0.786. The van der Waals surface area contributed by atoms with E-state index in [1.807, 2.05) is 6.07 Å². The average molecular weight is 282 g/mol. The van der Waals surface area contributed by atoms with E-state index < -0.39 is 24.0 Å². The van der Waals surface area contributed by atoms with Crippen LogP contribution in [-0.2, 0) is 0 Å². The summed E-state index contributed by atoms with van der Waals surface area (Å²) in [5.41, 5.74) is 1.05. The molecule has 2 N–H and O–H groups in total. The van der Waals surface area contributed by atoms with Gasteiger partial charge in [0.1, 0.15) is 12.2 Å². The molecule has 0 bridgehead atoms. The number of aliphatic hydroxyl groups excluding tert-OH is 2. The largest absolute Gasteiger partial charge is 0.386 e. The van der Waals surface area contributed by atoms with Crippen molar-refractivity contribution in [1.82, 2.24) is 0 Å². The lowest BCUT2D eigenvalue weighted by Crippen LogP contribution is -2.46. The lowest BCUT2D eigenvalue weighted by atomic mass is 9.91. The van der Waals surface area contributed by atoms with Crippen LogP contribution in [0.3, 0.4) is 0 Å². The Labute approximate surface area is 118 Å². The van der Waals surface area contributed by atoms with Crippen LogP contribution >= 0.6 is 0 Å². The molecule has 0 unspecified atom stereocenters. The van der Waals surface area contributed by atoms with Crippen molar-refractivity contribution in [2.45, 2.75) is 32.0 Å². The fraction of sp³-hybridized carbons (Fsp3) is 0.375. The molecule has 1 rings (SSSR count). The number of hydrogen-bond acceptors (Lipinski definition) is 2. The second kappa shape index (κ2) is 6.77. The maximum Gasteiger partial charge on any atom is 0.282 e. The summed E-state index contributed by atoms with van der Waals surface area (Å²) < 4.78 is 27.7. The molecule has 0 radical (unpaired) electrons. The van der Waals surface area contributed by atoms with Gasteiger partial charge in [0.25, 0.3) is 5.92 Å². The Kier molecular flexibility index (Phi) is 5.60. The minimum atomic E-state index is -3.44. The van der Waals surface area contributed by atoms with Crippen molar-refractivity contribution < 1.29 is 19.0 Å². The molecule has 20 heavy (non-hydrogen) atoms. The number of benzene rings is 1. The van der Waals surface area contributed by atoms with Crippen LogP contribution in [0.2, 0.25) is 0 Å². The van der Waals surface area contributed by atoms with Gasteiger partial charge >= 0.3 is 0 Å². The molecule has 110 valence electrons. The van der Waals surface area contributed by atoms with Gasteiger partial charge in [-0.15, -0.1) is 6.58 Å². The molecule has 2 nitrogen and oxygen atoms in total. The van der Waals surface area contributed by atoms with E-state index in [4.69, 9.17) is 0 Å². The molecule has 0 saturated carbocycles. The normalized spacial score (nSPS) is 17.4. The Morgan fingerprint density at radius 3 is 2.30 bits per heavy atom. The van der Waals surface area contributed by atoms with Crippen molar-refractivity contribution in [3.05, 3.63) is 54.1 Å². The summed E-state index contributed by atoms with van der Waals surface area (Å²) in [5.74, 6) is -4.66. The first-order valence-electron chi connectivity index (χ1n) is 6.40. The van der Waals surface area contributed by atoms with E-state index in [1.165, 1.54) is 13.8 Å². The molecule has 0 fully saturated rings. The van der Waals surface area contributed by atoms with Gasteiger partial charge < -0.3 is 10.2 Å². The zero-order valence-electron chi connectivity index (χ0n) is 11.6. The molecular formula is C16H20F2O2. The molecule has 4 heteroatoms. The lowest BCUT2D eigenvalue weighted by molar-refractivity contribution is -0.162. The molecule has 3 atom stereocenters. The molecule has 1 aromatic carbocycles. The van der Waals surface area contributed by atoms with Crippen molar-refractivity contribution in [1.29, 1.82) is 0 Å². The Bertz CT molecular complexity index is 469. The second-order valence-corrected chi connectivity index (χ2v) is 4.89. The lowest BCUT2D eigenvalue weighted by Gasteiger charge is -2.30. The first-order chi connectivity index (χ1) is 9.30. The highest BCUT2D eigenvalue weighted by Crippen LogP contribution is 2.32. The average Bonchev–Trinajstić information content (AvgIpc) is 2.45. The van der Waals surface area contributed by atoms with Crippen molar-refractivity contribution >= 4 is 6.08 Å². The van der Waals surface area contributed by atoms with Crippen LogP contribution in [0.1, 0.15) is 19.4 Å². The number of alkyl halides is 2. The minimum Gasteiger partial charge on any atom is -0.386 e. The van der Waals surface area contributed by atoms with Crippen LogP contribution in [0, 0.1) is 5.92 Å². The maximum absolute atomic E-state index is 13.9. The van der Waals surface area contributed by atoms with Gasteiger partial charge in [-0.05, 0) is 18.1 Å².